The molecule has 0 saturated carbocycles. The van der Waals surface area contributed by atoms with Crippen molar-refractivity contribution in [2.24, 2.45) is 0 Å². The van der Waals surface area contributed by atoms with Crippen LogP contribution in [0.3, 0.4) is 0 Å². The number of aryl methyl sites for hydroxylation is 1. The van der Waals surface area contributed by atoms with E-state index < -0.39 is 12.0 Å². The zero-order chi connectivity index (χ0) is 13.8. The quantitative estimate of drug-likeness (QED) is 0.895. The van der Waals surface area contributed by atoms with Crippen LogP contribution in [0.1, 0.15) is 17.2 Å². The predicted molar refractivity (Wildman–Crippen MR) is 79.3 cm³/mol. The van der Waals surface area contributed by atoms with Gasteiger partial charge in [-0.25, -0.2) is 4.79 Å². The molecule has 4 heteroatoms. The van der Waals surface area contributed by atoms with Crippen LogP contribution in [-0.2, 0) is 4.79 Å². The molecule has 1 atom stereocenters. The van der Waals surface area contributed by atoms with Gasteiger partial charge >= 0.3 is 5.97 Å². The van der Waals surface area contributed by atoms with Gasteiger partial charge in [0.05, 0.1) is 0 Å². The lowest BCUT2D eigenvalue weighted by Crippen LogP contribution is -2.20. The van der Waals surface area contributed by atoms with E-state index in [0.717, 1.165) is 21.3 Å². The van der Waals surface area contributed by atoms with Gasteiger partial charge in [0.1, 0.15) is 0 Å². The van der Waals surface area contributed by atoms with Crippen molar-refractivity contribution < 1.29 is 9.90 Å². The summed E-state index contributed by atoms with van der Waals surface area (Å²) in [5, 5.41) is 12.4. The molecule has 19 heavy (non-hydrogen) atoms. The van der Waals surface area contributed by atoms with Crippen LogP contribution in [0.25, 0.3) is 0 Å². The third kappa shape index (κ3) is 3.58. The van der Waals surface area contributed by atoms with Crippen LogP contribution in [0, 0.1) is 6.92 Å². The fraction of sp³-hybridized carbons (Fsp3) is 0.133. The maximum Gasteiger partial charge on any atom is 0.330 e. The molecule has 0 amide bonds. The van der Waals surface area contributed by atoms with E-state index in [1.165, 1.54) is 0 Å². The molecule has 0 aliphatic rings. The second-order valence-corrected chi connectivity index (χ2v) is 5.25. The molecular formula is C15H14BrNO2. The first-order valence-electron chi connectivity index (χ1n) is 5.88. The van der Waals surface area contributed by atoms with Crippen molar-refractivity contribution in [3.63, 3.8) is 0 Å². The number of aliphatic carboxylic acids is 1. The summed E-state index contributed by atoms with van der Waals surface area (Å²) in [6.45, 7) is 1.99. The third-order valence-electron chi connectivity index (χ3n) is 2.81. The lowest BCUT2D eigenvalue weighted by Gasteiger charge is -2.16. The zero-order valence-corrected chi connectivity index (χ0v) is 12.0. The summed E-state index contributed by atoms with van der Waals surface area (Å²) in [4.78, 5) is 11.4. The molecule has 0 aromatic heterocycles. The van der Waals surface area contributed by atoms with Gasteiger partial charge in [0.25, 0.3) is 0 Å². The number of hydrogen-bond acceptors (Lipinski definition) is 2. The zero-order valence-electron chi connectivity index (χ0n) is 10.4. The van der Waals surface area contributed by atoms with Gasteiger partial charge in [-0.3, -0.25) is 0 Å². The van der Waals surface area contributed by atoms with Crippen molar-refractivity contribution in [3.8, 4) is 0 Å². The van der Waals surface area contributed by atoms with E-state index >= 15 is 0 Å². The van der Waals surface area contributed by atoms with Gasteiger partial charge in [-0.15, -0.1) is 0 Å². The number of halogens is 1. The minimum atomic E-state index is -0.900. The number of carbonyl (C=O) groups is 1. The van der Waals surface area contributed by atoms with E-state index in [2.05, 4.69) is 21.2 Å². The molecule has 3 nitrogen and oxygen atoms in total. The molecule has 2 N–H and O–H groups in total. The van der Waals surface area contributed by atoms with E-state index in [0.29, 0.717) is 0 Å². The lowest BCUT2D eigenvalue weighted by atomic mass is 10.1. The molecule has 0 bridgehead atoms. The molecule has 2 aromatic carbocycles. The molecule has 1 unspecified atom stereocenters. The predicted octanol–water partition coefficient (Wildman–Crippen LogP) is 4.00. The van der Waals surface area contributed by atoms with Crippen LogP contribution in [-0.4, -0.2) is 11.1 Å². The largest absolute Gasteiger partial charge is 0.479 e. The van der Waals surface area contributed by atoms with Crippen LogP contribution < -0.4 is 5.32 Å². The highest BCUT2D eigenvalue weighted by molar-refractivity contribution is 9.10. The molecule has 0 radical (unpaired) electrons. The second-order valence-electron chi connectivity index (χ2n) is 4.33. The standard InChI is InChI=1S/C15H14BrNO2/c1-10-2-8-13(9-3-10)17-14(15(18)19)11-4-6-12(16)7-5-11/h2-9,14,17H,1H3,(H,18,19). The summed E-state index contributed by atoms with van der Waals surface area (Å²) in [5.41, 5.74) is 2.65. The van der Waals surface area contributed by atoms with Crippen molar-refractivity contribution in [2.45, 2.75) is 13.0 Å². The Bertz CT molecular complexity index is 564. The highest BCUT2D eigenvalue weighted by Gasteiger charge is 2.19. The Balaban J connectivity index is 2.23. The Morgan fingerprint density at radius 3 is 2.21 bits per heavy atom. The SMILES string of the molecule is Cc1ccc(NC(C(=O)O)c2ccc(Br)cc2)cc1. The van der Waals surface area contributed by atoms with E-state index in [9.17, 15) is 9.90 Å². The number of carboxylic acid groups (broad SMARTS) is 1. The Morgan fingerprint density at radius 1 is 1.11 bits per heavy atom. The number of nitrogens with one attached hydrogen (secondary N) is 1. The smallest absolute Gasteiger partial charge is 0.330 e. The molecule has 0 spiro atoms. The summed E-state index contributed by atoms with van der Waals surface area (Å²) in [7, 11) is 0. The van der Waals surface area contributed by atoms with Gasteiger partial charge < -0.3 is 10.4 Å². The summed E-state index contributed by atoms with van der Waals surface area (Å²) in [6.07, 6.45) is 0. The monoisotopic (exact) mass is 319 g/mol. The first kappa shape index (κ1) is 13.6. The molecule has 98 valence electrons. The topological polar surface area (TPSA) is 49.3 Å². The van der Waals surface area contributed by atoms with E-state index in [4.69, 9.17) is 0 Å². The van der Waals surface area contributed by atoms with Gasteiger partial charge in [-0.1, -0.05) is 45.8 Å². The minimum absolute atomic E-state index is 0.719. The van der Waals surface area contributed by atoms with Crippen molar-refractivity contribution in [3.05, 3.63) is 64.1 Å². The van der Waals surface area contributed by atoms with Gasteiger partial charge in [0.2, 0.25) is 0 Å². The molecule has 0 fully saturated rings. The summed E-state index contributed by atoms with van der Waals surface area (Å²) in [6, 6.07) is 14.2. The Hall–Kier alpha value is -1.81. The molecule has 0 heterocycles. The normalized spacial score (nSPS) is 11.9. The number of rotatable bonds is 4. The van der Waals surface area contributed by atoms with Crippen molar-refractivity contribution in [1.82, 2.24) is 0 Å². The minimum Gasteiger partial charge on any atom is -0.479 e. The number of carboxylic acids is 1. The van der Waals surface area contributed by atoms with E-state index in [-0.39, 0.29) is 0 Å². The van der Waals surface area contributed by atoms with Crippen LogP contribution in [0.15, 0.2) is 53.0 Å². The Labute approximate surface area is 120 Å². The first-order valence-corrected chi connectivity index (χ1v) is 6.67. The van der Waals surface area contributed by atoms with Gasteiger partial charge in [-0.2, -0.15) is 0 Å². The number of anilines is 1. The molecule has 0 saturated heterocycles. The van der Waals surface area contributed by atoms with Crippen molar-refractivity contribution in [1.29, 1.82) is 0 Å². The summed E-state index contributed by atoms with van der Waals surface area (Å²) >= 11 is 3.34. The Morgan fingerprint density at radius 2 is 1.68 bits per heavy atom. The van der Waals surface area contributed by atoms with Gasteiger partial charge in [0, 0.05) is 10.2 Å². The van der Waals surface area contributed by atoms with E-state index in [1.807, 2.05) is 43.3 Å². The second kappa shape index (κ2) is 5.89. The number of hydrogen-bond donors (Lipinski definition) is 2. The van der Waals surface area contributed by atoms with Gasteiger partial charge in [-0.05, 0) is 36.8 Å². The molecule has 2 aromatic rings. The summed E-state index contributed by atoms with van der Waals surface area (Å²) < 4.78 is 0.927. The van der Waals surface area contributed by atoms with Gasteiger partial charge in [0.15, 0.2) is 6.04 Å². The van der Waals surface area contributed by atoms with Crippen LogP contribution in [0.5, 0.6) is 0 Å². The van der Waals surface area contributed by atoms with Crippen molar-refractivity contribution in [2.75, 3.05) is 5.32 Å². The van der Waals surface area contributed by atoms with Crippen LogP contribution >= 0.6 is 15.9 Å². The maximum atomic E-state index is 11.4. The molecule has 2 rings (SSSR count). The average Bonchev–Trinajstić information content (AvgIpc) is 2.39. The molecular weight excluding hydrogens is 306 g/mol. The van der Waals surface area contributed by atoms with Crippen LogP contribution in [0.2, 0.25) is 0 Å². The molecule has 0 aliphatic heterocycles. The molecule has 0 aliphatic carbocycles. The van der Waals surface area contributed by atoms with E-state index in [1.54, 1.807) is 12.1 Å². The first-order chi connectivity index (χ1) is 9.06. The van der Waals surface area contributed by atoms with Crippen molar-refractivity contribution >= 4 is 27.6 Å². The fourth-order valence-corrected chi connectivity index (χ4v) is 2.02. The Kier molecular flexibility index (Phi) is 4.22. The van der Waals surface area contributed by atoms with Crippen LogP contribution in [0.4, 0.5) is 5.69 Å². The lowest BCUT2D eigenvalue weighted by molar-refractivity contribution is -0.138. The third-order valence-corrected chi connectivity index (χ3v) is 3.34. The highest BCUT2D eigenvalue weighted by Crippen LogP contribution is 2.22. The maximum absolute atomic E-state index is 11.4. The average molecular weight is 320 g/mol. The summed E-state index contributed by atoms with van der Waals surface area (Å²) in [5.74, 6) is -0.900. The fourth-order valence-electron chi connectivity index (χ4n) is 1.76. The number of benzene rings is 2. The highest BCUT2D eigenvalue weighted by atomic mass is 79.9.